The van der Waals surface area contributed by atoms with Gasteiger partial charge in [-0.15, -0.1) is 0 Å². The van der Waals surface area contributed by atoms with Gasteiger partial charge in [0.2, 0.25) is 5.91 Å². The molecule has 1 amide bonds. The molecule has 3 N–H and O–H groups in total. The SMILES string of the molecule is NC(=O)CN(CC(=O)O)Cc1ccc([N+](=O)[O-])cc1Cl. The number of nitro benzene ring substituents is 1. The van der Waals surface area contributed by atoms with Crippen LogP contribution in [0.2, 0.25) is 5.02 Å². The van der Waals surface area contributed by atoms with E-state index in [1.54, 1.807) is 0 Å². The number of hydrogen-bond donors (Lipinski definition) is 2. The number of rotatable bonds is 7. The fraction of sp³-hybridized carbons (Fsp3) is 0.273. The van der Waals surface area contributed by atoms with Crippen molar-refractivity contribution in [2.45, 2.75) is 6.54 Å². The lowest BCUT2D eigenvalue weighted by molar-refractivity contribution is -0.384. The summed E-state index contributed by atoms with van der Waals surface area (Å²) in [6, 6.07) is 3.83. The Labute approximate surface area is 118 Å². The third-order valence-corrected chi connectivity index (χ3v) is 2.73. The van der Waals surface area contributed by atoms with Crippen molar-refractivity contribution in [2.24, 2.45) is 5.73 Å². The van der Waals surface area contributed by atoms with Gasteiger partial charge < -0.3 is 10.8 Å². The number of carboxylic acid groups (broad SMARTS) is 1. The van der Waals surface area contributed by atoms with Crippen molar-refractivity contribution in [3.63, 3.8) is 0 Å². The number of nitrogens with zero attached hydrogens (tertiary/aromatic N) is 2. The van der Waals surface area contributed by atoms with Gasteiger partial charge in [0.1, 0.15) is 0 Å². The van der Waals surface area contributed by atoms with Crippen LogP contribution in [0.3, 0.4) is 0 Å². The maximum atomic E-state index is 10.9. The third kappa shape index (κ3) is 4.82. The molecule has 0 aliphatic heterocycles. The van der Waals surface area contributed by atoms with Crippen LogP contribution in [0, 0.1) is 10.1 Å². The van der Waals surface area contributed by atoms with E-state index < -0.39 is 23.3 Å². The molecule has 20 heavy (non-hydrogen) atoms. The standard InChI is InChI=1S/C11H12ClN3O5/c12-9-3-8(15(19)20)2-1-7(9)4-14(5-10(13)16)6-11(17)18/h1-3H,4-6H2,(H2,13,16)(H,17,18). The number of aliphatic carboxylic acids is 1. The number of nitro groups is 1. The van der Waals surface area contributed by atoms with Crippen LogP contribution in [-0.4, -0.2) is 39.9 Å². The second kappa shape index (κ2) is 6.83. The van der Waals surface area contributed by atoms with Crippen LogP contribution in [0.25, 0.3) is 0 Å². The fourth-order valence-electron chi connectivity index (χ4n) is 1.60. The van der Waals surface area contributed by atoms with E-state index >= 15 is 0 Å². The van der Waals surface area contributed by atoms with Gasteiger partial charge in [-0.1, -0.05) is 11.6 Å². The van der Waals surface area contributed by atoms with E-state index in [0.29, 0.717) is 5.56 Å². The topological polar surface area (TPSA) is 127 Å². The van der Waals surface area contributed by atoms with E-state index in [2.05, 4.69) is 0 Å². The Morgan fingerprint density at radius 2 is 2.05 bits per heavy atom. The minimum Gasteiger partial charge on any atom is -0.480 e. The van der Waals surface area contributed by atoms with Gasteiger partial charge in [0, 0.05) is 18.7 Å². The zero-order valence-electron chi connectivity index (χ0n) is 10.3. The quantitative estimate of drug-likeness (QED) is 0.561. The molecule has 0 fully saturated rings. The van der Waals surface area contributed by atoms with Crippen LogP contribution in [0.15, 0.2) is 18.2 Å². The van der Waals surface area contributed by atoms with Gasteiger partial charge in [-0.3, -0.25) is 24.6 Å². The van der Waals surface area contributed by atoms with E-state index in [-0.39, 0.29) is 23.8 Å². The van der Waals surface area contributed by atoms with Crippen LogP contribution in [0.4, 0.5) is 5.69 Å². The number of hydrogen-bond acceptors (Lipinski definition) is 5. The highest BCUT2D eigenvalue weighted by Gasteiger charge is 2.16. The highest BCUT2D eigenvalue weighted by atomic mass is 35.5. The Morgan fingerprint density at radius 3 is 2.50 bits per heavy atom. The first-order valence-corrected chi connectivity index (χ1v) is 5.82. The largest absolute Gasteiger partial charge is 0.480 e. The first-order chi connectivity index (χ1) is 9.29. The molecule has 0 atom stereocenters. The van der Waals surface area contributed by atoms with Crippen molar-refractivity contribution in [3.8, 4) is 0 Å². The molecule has 1 aromatic rings. The van der Waals surface area contributed by atoms with Crippen molar-refractivity contribution in [1.82, 2.24) is 4.90 Å². The molecule has 1 aromatic carbocycles. The highest BCUT2D eigenvalue weighted by Crippen LogP contribution is 2.23. The first-order valence-electron chi connectivity index (χ1n) is 5.45. The summed E-state index contributed by atoms with van der Waals surface area (Å²) in [7, 11) is 0. The lowest BCUT2D eigenvalue weighted by Crippen LogP contribution is -2.36. The predicted molar refractivity (Wildman–Crippen MR) is 70.2 cm³/mol. The summed E-state index contributed by atoms with van der Waals surface area (Å²) in [5, 5.41) is 19.4. The maximum absolute atomic E-state index is 10.9. The number of amides is 1. The van der Waals surface area contributed by atoms with Gasteiger partial charge >= 0.3 is 5.97 Å². The molecule has 0 heterocycles. The van der Waals surface area contributed by atoms with Crippen LogP contribution >= 0.6 is 11.6 Å². The van der Waals surface area contributed by atoms with Crippen LogP contribution in [0.5, 0.6) is 0 Å². The van der Waals surface area contributed by atoms with E-state index in [1.807, 2.05) is 0 Å². The second-order valence-electron chi connectivity index (χ2n) is 4.04. The Kier molecular flexibility index (Phi) is 5.42. The summed E-state index contributed by atoms with van der Waals surface area (Å²) in [5.74, 6) is -1.80. The second-order valence-corrected chi connectivity index (χ2v) is 4.45. The highest BCUT2D eigenvalue weighted by molar-refractivity contribution is 6.31. The number of non-ortho nitro benzene ring substituents is 1. The number of carbonyl (C=O) groups is 2. The number of primary amides is 1. The first kappa shape index (κ1) is 15.9. The summed E-state index contributed by atoms with van der Waals surface area (Å²) in [6.07, 6.45) is 0. The summed E-state index contributed by atoms with van der Waals surface area (Å²) < 4.78 is 0. The zero-order chi connectivity index (χ0) is 15.3. The number of benzene rings is 1. The van der Waals surface area contributed by atoms with E-state index in [9.17, 15) is 19.7 Å². The predicted octanol–water partition coefficient (Wildman–Crippen LogP) is 0.620. The molecule has 0 bridgehead atoms. The minimum atomic E-state index is -1.12. The Bertz CT molecular complexity index is 533. The molecule has 0 unspecified atom stereocenters. The summed E-state index contributed by atoms with van der Waals surface area (Å²) in [5.41, 5.74) is 5.33. The molecule has 108 valence electrons. The molecule has 0 spiro atoms. The molecule has 1 rings (SSSR count). The smallest absolute Gasteiger partial charge is 0.317 e. The summed E-state index contributed by atoms with van der Waals surface area (Å²) >= 11 is 5.90. The maximum Gasteiger partial charge on any atom is 0.317 e. The fourth-order valence-corrected chi connectivity index (χ4v) is 1.83. The van der Waals surface area contributed by atoms with E-state index in [0.717, 1.165) is 0 Å². The van der Waals surface area contributed by atoms with Gasteiger partial charge in [0.15, 0.2) is 0 Å². The molecule has 8 nitrogen and oxygen atoms in total. The number of halogens is 1. The Hall–Kier alpha value is -2.19. The molecular formula is C11H12ClN3O5. The molecule has 0 saturated carbocycles. The number of nitrogens with two attached hydrogens (primary N) is 1. The molecular weight excluding hydrogens is 290 g/mol. The molecule has 0 aliphatic rings. The van der Waals surface area contributed by atoms with Gasteiger partial charge in [-0.05, 0) is 11.6 Å². The molecule has 0 radical (unpaired) electrons. The summed E-state index contributed by atoms with van der Waals surface area (Å²) in [4.78, 5) is 32.8. The lowest BCUT2D eigenvalue weighted by atomic mass is 10.2. The molecule has 9 heteroatoms. The van der Waals surface area contributed by atoms with E-state index in [4.69, 9.17) is 22.4 Å². The van der Waals surface area contributed by atoms with Gasteiger partial charge in [0.25, 0.3) is 5.69 Å². The minimum absolute atomic E-state index is 0.0477. The lowest BCUT2D eigenvalue weighted by Gasteiger charge is -2.19. The van der Waals surface area contributed by atoms with Crippen molar-refractivity contribution < 1.29 is 19.6 Å². The van der Waals surface area contributed by atoms with Crippen molar-refractivity contribution in [1.29, 1.82) is 0 Å². The van der Waals surface area contributed by atoms with E-state index in [1.165, 1.54) is 23.1 Å². The van der Waals surface area contributed by atoms with Crippen molar-refractivity contribution in [3.05, 3.63) is 38.9 Å². The van der Waals surface area contributed by atoms with Gasteiger partial charge in [-0.25, -0.2) is 0 Å². The van der Waals surface area contributed by atoms with Crippen molar-refractivity contribution in [2.75, 3.05) is 13.1 Å². The monoisotopic (exact) mass is 301 g/mol. The number of carbonyl (C=O) groups excluding carboxylic acids is 1. The number of carboxylic acids is 1. The third-order valence-electron chi connectivity index (χ3n) is 2.38. The van der Waals surface area contributed by atoms with Crippen LogP contribution in [-0.2, 0) is 16.1 Å². The average molecular weight is 302 g/mol. The zero-order valence-corrected chi connectivity index (χ0v) is 11.0. The van der Waals surface area contributed by atoms with Crippen LogP contribution < -0.4 is 5.73 Å². The molecule has 0 aromatic heterocycles. The summed E-state index contributed by atoms with van der Waals surface area (Å²) in [6.45, 7) is -0.595. The van der Waals surface area contributed by atoms with Gasteiger partial charge in [0.05, 0.1) is 23.0 Å². The molecule has 0 saturated heterocycles. The Balaban J connectivity index is 2.90. The van der Waals surface area contributed by atoms with Gasteiger partial charge in [-0.2, -0.15) is 0 Å². The average Bonchev–Trinajstić information content (AvgIpc) is 2.29. The normalized spacial score (nSPS) is 10.5. The van der Waals surface area contributed by atoms with Crippen LogP contribution in [0.1, 0.15) is 5.56 Å². The van der Waals surface area contributed by atoms with Crippen molar-refractivity contribution >= 4 is 29.2 Å². The Morgan fingerprint density at radius 1 is 1.40 bits per heavy atom. The molecule has 0 aliphatic carbocycles.